The molecule has 1 N–H and O–H groups in total. The van der Waals surface area contributed by atoms with Crippen molar-refractivity contribution in [2.75, 3.05) is 0 Å². The van der Waals surface area contributed by atoms with E-state index in [0.29, 0.717) is 0 Å². The van der Waals surface area contributed by atoms with Crippen LogP contribution in [0.4, 0.5) is 0 Å². The first-order chi connectivity index (χ1) is 4.66. The van der Waals surface area contributed by atoms with Gasteiger partial charge < -0.3 is 5.11 Å². The highest BCUT2D eigenvalue weighted by Crippen LogP contribution is 1.97. The topological polar surface area (TPSA) is 20.2 Å². The van der Waals surface area contributed by atoms with Gasteiger partial charge in [-0.15, -0.1) is 5.73 Å². The Kier molecular flexibility index (Phi) is 5.00. The monoisotopic (exact) mass is 140 g/mol. The second-order valence-electron chi connectivity index (χ2n) is 2.65. The molecule has 0 aromatic rings. The Morgan fingerprint density at radius 2 is 2.20 bits per heavy atom. The molecule has 0 radical (unpaired) electrons. The average Bonchev–Trinajstić information content (AvgIpc) is 1.87. The summed E-state index contributed by atoms with van der Waals surface area (Å²) in [6.07, 6.45) is 3.25. The van der Waals surface area contributed by atoms with Crippen LogP contribution in [0.15, 0.2) is 17.4 Å². The van der Waals surface area contributed by atoms with Crippen molar-refractivity contribution < 1.29 is 5.11 Å². The van der Waals surface area contributed by atoms with Crippen molar-refractivity contribution in [2.45, 2.75) is 39.7 Å². The highest BCUT2D eigenvalue weighted by atomic mass is 16.3. The molecule has 0 aromatic heterocycles. The predicted octanol–water partition coefficient (Wildman–Crippen LogP) is 2.27. The van der Waals surface area contributed by atoms with Crippen LogP contribution in [0.3, 0.4) is 0 Å². The zero-order chi connectivity index (χ0) is 7.98. The molecule has 1 atom stereocenters. The van der Waals surface area contributed by atoms with Gasteiger partial charge in [-0.2, -0.15) is 0 Å². The molecule has 0 saturated heterocycles. The van der Waals surface area contributed by atoms with E-state index in [9.17, 15) is 0 Å². The molecule has 0 aliphatic heterocycles. The maximum absolute atomic E-state index is 9.09. The van der Waals surface area contributed by atoms with Crippen LogP contribution in [0.2, 0.25) is 0 Å². The molecule has 1 heteroatoms. The lowest BCUT2D eigenvalue weighted by molar-refractivity contribution is 0.174. The van der Waals surface area contributed by atoms with E-state index in [1.165, 1.54) is 0 Å². The second-order valence-corrected chi connectivity index (χ2v) is 2.65. The van der Waals surface area contributed by atoms with E-state index < -0.39 is 0 Å². The van der Waals surface area contributed by atoms with Gasteiger partial charge in [0, 0.05) is 0 Å². The van der Waals surface area contributed by atoms with Gasteiger partial charge in [-0.25, -0.2) is 0 Å². The average molecular weight is 140 g/mol. The van der Waals surface area contributed by atoms with Crippen LogP contribution >= 0.6 is 0 Å². The van der Waals surface area contributed by atoms with Crippen LogP contribution in [0.25, 0.3) is 0 Å². The summed E-state index contributed by atoms with van der Waals surface area (Å²) in [7, 11) is 0. The molecule has 0 spiro atoms. The van der Waals surface area contributed by atoms with Crippen molar-refractivity contribution in [1.82, 2.24) is 0 Å². The summed E-state index contributed by atoms with van der Waals surface area (Å²) in [5, 5.41) is 9.09. The Morgan fingerprint density at radius 3 is 2.60 bits per heavy atom. The molecular formula is C9H16O. The minimum absolute atomic E-state index is 0.188. The highest BCUT2D eigenvalue weighted by molar-refractivity contribution is 4.94. The molecular weight excluding hydrogens is 124 g/mol. The maximum atomic E-state index is 9.09. The standard InChI is InChI=1S/C9H16O/c1-4-9(10)7-5-6-8(2)3/h5,9-10H,4,7H2,1-3H3. The quantitative estimate of drug-likeness (QED) is 0.596. The van der Waals surface area contributed by atoms with Gasteiger partial charge in [0.05, 0.1) is 6.10 Å². The Bertz CT molecular complexity index is 137. The van der Waals surface area contributed by atoms with E-state index >= 15 is 0 Å². The predicted molar refractivity (Wildman–Crippen MR) is 43.9 cm³/mol. The van der Waals surface area contributed by atoms with Crippen LogP contribution < -0.4 is 0 Å². The van der Waals surface area contributed by atoms with E-state index in [1.54, 1.807) is 0 Å². The molecule has 0 bridgehead atoms. The highest BCUT2D eigenvalue weighted by Gasteiger charge is 1.93. The summed E-state index contributed by atoms with van der Waals surface area (Å²) in [5.41, 5.74) is 4.20. The molecule has 0 rings (SSSR count). The second kappa shape index (κ2) is 5.28. The molecule has 0 saturated carbocycles. The normalized spacial score (nSPS) is 12.0. The van der Waals surface area contributed by atoms with E-state index in [2.05, 4.69) is 5.73 Å². The van der Waals surface area contributed by atoms with Crippen LogP contribution in [-0.4, -0.2) is 11.2 Å². The number of aliphatic hydroxyl groups excluding tert-OH is 1. The molecule has 0 amide bonds. The first-order valence-corrected chi connectivity index (χ1v) is 3.73. The van der Waals surface area contributed by atoms with Gasteiger partial charge in [0.2, 0.25) is 0 Å². The van der Waals surface area contributed by atoms with E-state index in [-0.39, 0.29) is 6.10 Å². The van der Waals surface area contributed by atoms with Crippen LogP contribution in [0.5, 0.6) is 0 Å². The number of hydrogen-bond acceptors (Lipinski definition) is 1. The third kappa shape index (κ3) is 5.61. The van der Waals surface area contributed by atoms with Gasteiger partial charge >= 0.3 is 0 Å². The van der Waals surface area contributed by atoms with Gasteiger partial charge in [0.1, 0.15) is 0 Å². The molecule has 0 fully saturated rings. The lowest BCUT2D eigenvalue weighted by Crippen LogP contribution is -2.00. The summed E-state index contributed by atoms with van der Waals surface area (Å²) in [4.78, 5) is 0. The minimum atomic E-state index is -0.188. The summed E-state index contributed by atoms with van der Waals surface area (Å²) in [6.45, 7) is 5.96. The van der Waals surface area contributed by atoms with Crippen molar-refractivity contribution in [3.63, 3.8) is 0 Å². The molecule has 10 heavy (non-hydrogen) atoms. The van der Waals surface area contributed by atoms with Gasteiger partial charge in [0.15, 0.2) is 0 Å². The van der Waals surface area contributed by atoms with Crippen molar-refractivity contribution in [3.8, 4) is 0 Å². The molecule has 58 valence electrons. The van der Waals surface area contributed by atoms with Gasteiger partial charge in [0.25, 0.3) is 0 Å². The molecule has 0 heterocycles. The Hall–Kier alpha value is -0.520. The first kappa shape index (κ1) is 9.48. The number of aliphatic hydroxyl groups is 1. The van der Waals surface area contributed by atoms with Crippen molar-refractivity contribution >= 4 is 0 Å². The number of rotatable bonds is 3. The van der Waals surface area contributed by atoms with Crippen molar-refractivity contribution in [3.05, 3.63) is 17.4 Å². The lowest BCUT2D eigenvalue weighted by Gasteiger charge is -1.99. The van der Waals surface area contributed by atoms with Crippen molar-refractivity contribution in [2.24, 2.45) is 0 Å². The molecule has 0 aliphatic carbocycles. The fourth-order valence-corrected chi connectivity index (χ4v) is 0.566. The SMILES string of the molecule is CCC(O)CC=C=C(C)C. The molecule has 0 aliphatic rings. The minimum Gasteiger partial charge on any atom is -0.393 e. The van der Waals surface area contributed by atoms with E-state index in [4.69, 9.17) is 5.11 Å². The van der Waals surface area contributed by atoms with E-state index in [1.807, 2.05) is 26.8 Å². The summed E-state index contributed by atoms with van der Waals surface area (Å²) >= 11 is 0. The third-order valence-corrected chi connectivity index (χ3v) is 1.25. The summed E-state index contributed by atoms with van der Waals surface area (Å²) in [6, 6.07) is 0. The largest absolute Gasteiger partial charge is 0.393 e. The fraction of sp³-hybridized carbons (Fsp3) is 0.667. The third-order valence-electron chi connectivity index (χ3n) is 1.25. The molecule has 1 unspecified atom stereocenters. The maximum Gasteiger partial charge on any atom is 0.0578 e. The molecule has 1 nitrogen and oxygen atoms in total. The smallest absolute Gasteiger partial charge is 0.0578 e. The first-order valence-electron chi connectivity index (χ1n) is 3.73. The van der Waals surface area contributed by atoms with Crippen molar-refractivity contribution in [1.29, 1.82) is 0 Å². The van der Waals surface area contributed by atoms with Crippen LogP contribution in [-0.2, 0) is 0 Å². The summed E-state index contributed by atoms with van der Waals surface area (Å²) < 4.78 is 0. The Morgan fingerprint density at radius 1 is 1.60 bits per heavy atom. The lowest BCUT2D eigenvalue weighted by atomic mass is 10.2. The van der Waals surface area contributed by atoms with Gasteiger partial charge in [-0.1, -0.05) is 6.92 Å². The van der Waals surface area contributed by atoms with Gasteiger partial charge in [-0.05, 0) is 38.3 Å². The zero-order valence-corrected chi connectivity index (χ0v) is 7.02. The Labute approximate surface area is 63.1 Å². The zero-order valence-electron chi connectivity index (χ0n) is 7.02. The van der Waals surface area contributed by atoms with Gasteiger partial charge in [-0.3, -0.25) is 0 Å². The van der Waals surface area contributed by atoms with E-state index in [0.717, 1.165) is 18.4 Å². The molecule has 0 aromatic carbocycles. The van der Waals surface area contributed by atoms with Crippen LogP contribution in [0, 0.1) is 0 Å². The van der Waals surface area contributed by atoms with Crippen LogP contribution in [0.1, 0.15) is 33.6 Å². The summed E-state index contributed by atoms with van der Waals surface area (Å²) in [5.74, 6) is 0. The number of hydrogen-bond donors (Lipinski definition) is 1. The fourth-order valence-electron chi connectivity index (χ4n) is 0.566. The Balaban J connectivity index is 3.63.